The van der Waals surface area contributed by atoms with Crippen molar-refractivity contribution in [3.8, 4) is 0 Å². The molecule has 2 aliphatic rings. The molecule has 8 unspecified atom stereocenters. The van der Waals surface area contributed by atoms with Gasteiger partial charge in [-0.1, -0.05) is 92.5 Å². The highest BCUT2D eigenvalue weighted by Crippen LogP contribution is 2.46. The number of carbonyl (C=O) groups excluding carboxylic acids is 2. The maximum atomic E-state index is 13.2. The molecule has 38 heavy (non-hydrogen) atoms. The smallest absolute Gasteiger partial charge is 0.138 e. The fourth-order valence-electron chi connectivity index (χ4n) is 7.01. The number of allylic oxidation sites excluding steroid dienone is 4. The lowest BCUT2D eigenvalue weighted by Crippen LogP contribution is -2.39. The van der Waals surface area contributed by atoms with Gasteiger partial charge in [0.25, 0.3) is 0 Å². The van der Waals surface area contributed by atoms with Crippen LogP contribution in [0.5, 0.6) is 0 Å². The Balaban J connectivity index is 1.58. The van der Waals surface area contributed by atoms with Gasteiger partial charge in [0, 0.05) is 35.2 Å². The standard InChI is InChI=1S/C34H58O2S2/c1-9-33(7)19-15-17-25(3)31(33)29(35)23-27(5)37-21-13-11-12-14-22-38-28(6)24-30(36)32-26(4)18-16-20-34(32,8)10-2/h15-18,25-28,31-32H,9-14,19-24H2,1-8H3. The molecule has 0 fully saturated rings. The Morgan fingerprint density at radius 1 is 0.737 bits per heavy atom. The van der Waals surface area contributed by atoms with Gasteiger partial charge in [0.2, 0.25) is 0 Å². The van der Waals surface area contributed by atoms with E-state index in [4.69, 9.17) is 0 Å². The molecule has 2 nitrogen and oxygen atoms in total. The Kier molecular flexibility index (Phi) is 14.3. The maximum absolute atomic E-state index is 13.2. The summed E-state index contributed by atoms with van der Waals surface area (Å²) in [7, 11) is 0. The summed E-state index contributed by atoms with van der Waals surface area (Å²) in [6.45, 7) is 18.0. The van der Waals surface area contributed by atoms with Gasteiger partial charge in [-0.15, -0.1) is 0 Å². The number of carbonyl (C=O) groups is 2. The summed E-state index contributed by atoms with van der Waals surface area (Å²) in [6, 6.07) is 0. The molecule has 0 radical (unpaired) electrons. The van der Waals surface area contributed by atoms with Crippen molar-refractivity contribution in [2.24, 2.45) is 34.5 Å². The van der Waals surface area contributed by atoms with Crippen LogP contribution in [-0.4, -0.2) is 33.6 Å². The number of thioether (sulfide) groups is 2. The van der Waals surface area contributed by atoms with Crippen LogP contribution in [0.3, 0.4) is 0 Å². The Hall–Kier alpha value is -0.480. The summed E-state index contributed by atoms with van der Waals surface area (Å²) in [5.41, 5.74) is 0.250. The number of Topliss-reactive ketones (excluding diaryl/α,β-unsaturated/α-hetero) is 2. The predicted molar refractivity (Wildman–Crippen MR) is 171 cm³/mol. The van der Waals surface area contributed by atoms with Crippen LogP contribution >= 0.6 is 23.5 Å². The average Bonchev–Trinajstić information content (AvgIpc) is 2.85. The molecule has 0 aliphatic heterocycles. The molecule has 0 amide bonds. The minimum Gasteiger partial charge on any atom is -0.299 e. The highest BCUT2D eigenvalue weighted by molar-refractivity contribution is 8.00. The molecule has 0 aromatic carbocycles. The molecular formula is C34H58O2S2. The Bertz CT molecular complexity index is 738. The molecule has 0 saturated heterocycles. The van der Waals surface area contributed by atoms with Crippen LogP contribution in [0, 0.1) is 34.5 Å². The van der Waals surface area contributed by atoms with E-state index in [0.29, 0.717) is 46.7 Å². The second kappa shape index (κ2) is 16.1. The van der Waals surface area contributed by atoms with Crippen molar-refractivity contribution in [1.29, 1.82) is 0 Å². The number of hydrogen-bond donors (Lipinski definition) is 0. The minimum atomic E-state index is 0.125. The molecule has 0 aromatic heterocycles. The molecule has 2 aliphatic carbocycles. The van der Waals surface area contributed by atoms with E-state index in [1.807, 2.05) is 23.5 Å². The largest absolute Gasteiger partial charge is 0.299 e. The zero-order valence-electron chi connectivity index (χ0n) is 25.9. The number of rotatable bonds is 17. The molecule has 4 heteroatoms. The predicted octanol–water partition coefficient (Wildman–Crippen LogP) is 9.97. The van der Waals surface area contributed by atoms with Crippen LogP contribution in [0.25, 0.3) is 0 Å². The van der Waals surface area contributed by atoms with Crippen LogP contribution in [0.15, 0.2) is 24.3 Å². The summed E-state index contributed by atoms with van der Waals surface area (Å²) >= 11 is 3.96. The normalized spacial score (nSPS) is 32.7. The van der Waals surface area contributed by atoms with E-state index in [9.17, 15) is 9.59 Å². The first-order valence-corrected chi connectivity index (χ1v) is 17.7. The zero-order valence-corrected chi connectivity index (χ0v) is 27.5. The topological polar surface area (TPSA) is 34.1 Å². The molecule has 0 heterocycles. The lowest BCUT2D eigenvalue weighted by molar-refractivity contribution is -0.129. The molecule has 218 valence electrons. The van der Waals surface area contributed by atoms with Crippen molar-refractivity contribution in [3.63, 3.8) is 0 Å². The number of hydrogen-bond acceptors (Lipinski definition) is 4. The fraction of sp³-hybridized carbons (Fsp3) is 0.824. The molecule has 8 atom stereocenters. The third-order valence-corrected chi connectivity index (χ3v) is 12.3. The fourth-order valence-corrected chi connectivity index (χ4v) is 9.12. The van der Waals surface area contributed by atoms with Crippen molar-refractivity contribution in [3.05, 3.63) is 24.3 Å². The first-order valence-electron chi connectivity index (χ1n) is 15.6. The summed E-state index contributed by atoms with van der Waals surface area (Å²) < 4.78 is 0. The van der Waals surface area contributed by atoms with Crippen molar-refractivity contribution < 1.29 is 9.59 Å². The van der Waals surface area contributed by atoms with E-state index in [2.05, 4.69) is 79.7 Å². The van der Waals surface area contributed by atoms with Crippen LogP contribution in [-0.2, 0) is 9.59 Å². The van der Waals surface area contributed by atoms with E-state index in [-0.39, 0.29) is 22.7 Å². The van der Waals surface area contributed by atoms with E-state index in [1.165, 1.54) is 25.7 Å². The van der Waals surface area contributed by atoms with Gasteiger partial charge < -0.3 is 0 Å². The Morgan fingerprint density at radius 3 is 1.45 bits per heavy atom. The first kappa shape index (κ1) is 33.7. The lowest BCUT2D eigenvalue weighted by Gasteiger charge is -2.41. The summed E-state index contributed by atoms with van der Waals surface area (Å²) in [4.78, 5) is 26.4. The molecule has 0 N–H and O–H groups in total. The summed E-state index contributed by atoms with van der Waals surface area (Å²) in [5.74, 6) is 4.34. The number of ketones is 2. The SMILES string of the molecule is CCC1(C)CC=CC(C)C1C(=O)CC(C)SCCCCCCSC(C)CC(=O)C1C(C)C=CCC1(C)CC. The van der Waals surface area contributed by atoms with Gasteiger partial charge in [-0.3, -0.25) is 9.59 Å². The first-order chi connectivity index (χ1) is 18.0. The monoisotopic (exact) mass is 562 g/mol. The quantitative estimate of drug-likeness (QED) is 0.130. The molecule has 2 rings (SSSR count). The van der Waals surface area contributed by atoms with Crippen molar-refractivity contribution in [2.45, 2.75) is 130 Å². The van der Waals surface area contributed by atoms with Crippen molar-refractivity contribution >= 4 is 35.1 Å². The highest BCUT2D eigenvalue weighted by Gasteiger charge is 2.42. The van der Waals surface area contributed by atoms with Gasteiger partial charge in [0.1, 0.15) is 11.6 Å². The zero-order chi connectivity index (χ0) is 28.3. The average molecular weight is 563 g/mol. The molecule has 0 spiro atoms. The second-order valence-electron chi connectivity index (χ2n) is 13.1. The third-order valence-electron chi connectivity index (χ3n) is 9.73. The van der Waals surface area contributed by atoms with Gasteiger partial charge in [0.05, 0.1) is 0 Å². The third kappa shape index (κ3) is 9.57. The van der Waals surface area contributed by atoms with E-state index in [1.54, 1.807) is 0 Å². The van der Waals surface area contributed by atoms with Crippen molar-refractivity contribution in [2.75, 3.05) is 11.5 Å². The minimum absolute atomic E-state index is 0.125. The molecule has 0 bridgehead atoms. The van der Waals surface area contributed by atoms with E-state index >= 15 is 0 Å². The lowest BCUT2D eigenvalue weighted by atomic mass is 9.62. The highest BCUT2D eigenvalue weighted by atomic mass is 32.2. The Labute approximate surface area is 244 Å². The summed E-state index contributed by atoms with van der Waals surface area (Å²) in [6.07, 6.45) is 19.7. The molecule has 0 aromatic rings. The molecule has 0 saturated carbocycles. The van der Waals surface area contributed by atoms with Gasteiger partial charge >= 0.3 is 0 Å². The maximum Gasteiger partial charge on any atom is 0.138 e. The van der Waals surface area contributed by atoms with Gasteiger partial charge in [-0.05, 0) is 72.7 Å². The Morgan fingerprint density at radius 2 is 1.11 bits per heavy atom. The van der Waals surface area contributed by atoms with Crippen molar-refractivity contribution in [1.82, 2.24) is 0 Å². The second-order valence-corrected chi connectivity index (χ2v) is 16.2. The van der Waals surface area contributed by atoms with Crippen LogP contribution in [0.1, 0.15) is 120 Å². The molecular weight excluding hydrogens is 505 g/mol. The van der Waals surface area contributed by atoms with Crippen LogP contribution in [0.4, 0.5) is 0 Å². The summed E-state index contributed by atoms with van der Waals surface area (Å²) in [5, 5.41) is 0.820. The van der Waals surface area contributed by atoms with E-state index < -0.39 is 0 Å². The van der Waals surface area contributed by atoms with E-state index in [0.717, 1.165) is 37.2 Å². The number of unbranched alkanes of at least 4 members (excludes halogenated alkanes) is 3. The van der Waals surface area contributed by atoms with Crippen LogP contribution in [0.2, 0.25) is 0 Å². The van der Waals surface area contributed by atoms with Gasteiger partial charge in [0.15, 0.2) is 0 Å². The van der Waals surface area contributed by atoms with Gasteiger partial charge in [-0.25, -0.2) is 0 Å². The van der Waals surface area contributed by atoms with Gasteiger partial charge in [-0.2, -0.15) is 23.5 Å². The van der Waals surface area contributed by atoms with Crippen LogP contribution < -0.4 is 0 Å².